The van der Waals surface area contributed by atoms with Gasteiger partial charge in [-0.05, 0) is 46.9 Å². The van der Waals surface area contributed by atoms with Crippen molar-refractivity contribution in [3.8, 4) is 11.1 Å². The van der Waals surface area contributed by atoms with Crippen molar-refractivity contribution in [2.24, 2.45) is 11.7 Å². The molecule has 0 fully saturated rings. The number of benzene rings is 2. The number of ether oxygens (including phenoxy) is 1. The van der Waals surface area contributed by atoms with Crippen LogP contribution in [0.4, 0.5) is 0 Å². The Morgan fingerprint density at radius 3 is 2.49 bits per heavy atom. The topological polar surface area (TPSA) is 125 Å². The van der Waals surface area contributed by atoms with E-state index in [9.17, 15) is 9.59 Å². The van der Waals surface area contributed by atoms with Crippen molar-refractivity contribution >= 4 is 11.9 Å². The highest BCUT2D eigenvalue weighted by Gasteiger charge is 2.22. The molecule has 3 N–H and O–H groups in total. The third-order valence-electron chi connectivity index (χ3n) is 5.76. The maximum absolute atomic E-state index is 12.8. The molecule has 0 aliphatic carbocycles. The quantitative estimate of drug-likeness (QED) is 0.362. The number of aryl methyl sites for hydroxylation is 1. The predicted octanol–water partition coefficient (Wildman–Crippen LogP) is 2.55. The number of nitrogens with two attached hydrogens (primary N) is 1. The molecule has 186 valence electrons. The molecule has 0 bridgehead atoms. The number of amides is 1. The van der Waals surface area contributed by atoms with Crippen LogP contribution in [0.2, 0.25) is 0 Å². The minimum absolute atomic E-state index is 0.116. The second kappa shape index (κ2) is 13.3. The fourth-order valence-corrected chi connectivity index (χ4v) is 3.97. The minimum Gasteiger partial charge on any atom is -0.466 e. The number of nitrogens with one attached hydrogen (secondary N) is 1. The molecular formula is C26H34N6O3. The predicted molar refractivity (Wildman–Crippen MR) is 133 cm³/mol. The van der Waals surface area contributed by atoms with Crippen LogP contribution in [0, 0.1) is 5.92 Å². The maximum Gasteiger partial charge on any atom is 0.308 e. The highest BCUT2D eigenvalue weighted by molar-refractivity contribution is 5.77. The lowest BCUT2D eigenvalue weighted by atomic mass is 9.94. The minimum atomic E-state index is -0.333. The molecule has 0 saturated carbocycles. The Bertz CT molecular complexity index is 1070. The first kappa shape index (κ1) is 26.0. The van der Waals surface area contributed by atoms with E-state index in [2.05, 4.69) is 57.2 Å². The van der Waals surface area contributed by atoms with E-state index >= 15 is 0 Å². The number of carbonyl (C=O) groups is 2. The van der Waals surface area contributed by atoms with Gasteiger partial charge in [0.15, 0.2) is 5.82 Å². The zero-order valence-electron chi connectivity index (χ0n) is 20.4. The normalized spacial score (nSPS) is 12.7. The summed E-state index contributed by atoms with van der Waals surface area (Å²) in [4.78, 5) is 25.0. The van der Waals surface area contributed by atoms with Gasteiger partial charge in [-0.2, -0.15) is 0 Å². The summed E-state index contributed by atoms with van der Waals surface area (Å²) in [5.74, 6) is -0.0827. The van der Waals surface area contributed by atoms with Crippen molar-refractivity contribution in [1.29, 1.82) is 0 Å². The number of rotatable bonds is 13. The molecule has 2 atom stereocenters. The monoisotopic (exact) mass is 478 g/mol. The number of carbonyl (C=O) groups excluding carboxylic acids is 2. The van der Waals surface area contributed by atoms with Crippen molar-refractivity contribution in [3.63, 3.8) is 0 Å². The van der Waals surface area contributed by atoms with Gasteiger partial charge in [0.25, 0.3) is 0 Å². The van der Waals surface area contributed by atoms with E-state index in [4.69, 9.17) is 10.5 Å². The van der Waals surface area contributed by atoms with Gasteiger partial charge in [0, 0.05) is 25.4 Å². The first-order valence-corrected chi connectivity index (χ1v) is 12.1. The van der Waals surface area contributed by atoms with Gasteiger partial charge in [-0.3, -0.25) is 9.59 Å². The van der Waals surface area contributed by atoms with Crippen molar-refractivity contribution in [1.82, 2.24) is 25.5 Å². The van der Waals surface area contributed by atoms with E-state index < -0.39 is 0 Å². The van der Waals surface area contributed by atoms with Gasteiger partial charge in [0.05, 0.1) is 19.1 Å². The Morgan fingerprint density at radius 2 is 1.80 bits per heavy atom. The lowest BCUT2D eigenvalue weighted by Gasteiger charge is -2.22. The van der Waals surface area contributed by atoms with E-state index in [1.54, 1.807) is 11.6 Å². The van der Waals surface area contributed by atoms with E-state index in [-0.39, 0.29) is 30.3 Å². The molecule has 35 heavy (non-hydrogen) atoms. The van der Waals surface area contributed by atoms with Gasteiger partial charge in [0.1, 0.15) is 0 Å². The smallest absolute Gasteiger partial charge is 0.308 e. The molecular weight excluding hydrogens is 444 g/mol. The summed E-state index contributed by atoms with van der Waals surface area (Å²) in [7, 11) is 0. The first-order valence-electron chi connectivity index (χ1n) is 12.1. The van der Waals surface area contributed by atoms with Crippen LogP contribution in [0.5, 0.6) is 0 Å². The summed E-state index contributed by atoms with van der Waals surface area (Å²) >= 11 is 0. The number of tetrazole rings is 1. The molecule has 0 aliphatic heterocycles. The second-order valence-electron chi connectivity index (χ2n) is 8.53. The number of hydrogen-bond acceptors (Lipinski definition) is 7. The van der Waals surface area contributed by atoms with Crippen LogP contribution in [0.3, 0.4) is 0 Å². The fraction of sp³-hybridized carbons (Fsp3) is 0.423. The van der Waals surface area contributed by atoms with Crippen LogP contribution < -0.4 is 11.1 Å². The highest BCUT2D eigenvalue weighted by Crippen LogP contribution is 2.21. The Kier molecular flexibility index (Phi) is 9.92. The van der Waals surface area contributed by atoms with Crippen LogP contribution >= 0.6 is 0 Å². The molecule has 0 unspecified atom stereocenters. The Morgan fingerprint density at radius 1 is 1.09 bits per heavy atom. The van der Waals surface area contributed by atoms with Crippen molar-refractivity contribution < 1.29 is 14.3 Å². The van der Waals surface area contributed by atoms with Crippen LogP contribution in [-0.2, 0) is 33.7 Å². The Labute approximate surface area is 206 Å². The van der Waals surface area contributed by atoms with Gasteiger partial charge in [-0.25, -0.2) is 4.68 Å². The molecule has 3 rings (SSSR count). The summed E-state index contributed by atoms with van der Waals surface area (Å²) in [6, 6.07) is 18.2. The van der Waals surface area contributed by atoms with Gasteiger partial charge in [-0.15, -0.1) is 5.10 Å². The summed E-state index contributed by atoms with van der Waals surface area (Å²) < 4.78 is 6.78. The largest absolute Gasteiger partial charge is 0.466 e. The first-order chi connectivity index (χ1) is 17.0. The maximum atomic E-state index is 12.8. The number of hydrogen-bond donors (Lipinski definition) is 2. The molecule has 1 aromatic heterocycles. The summed E-state index contributed by atoms with van der Waals surface area (Å²) in [5.41, 5.74) is 8.95. The summed E-state index contributed by atoms with van der Waals surface area (Å²) in [5, 5.41) is 14.7. The van der Waals surface area contributed by atoms with E-state index in [1.807, 2.05) is 25.1 Å². The highest BCUT2D eigenvalue weighted by atomic mass is 16.5. The lowest BCUT2D eigenvalue weighted by molar-refractivity contribution is -0.148. The van der Waals surface area contributed by atoms with Crippen molar-refractivity contribution in [3.05, 3.63) is 66.0 Å². The Hall–Kier alpha value is -3.59. The van der Waals surface area contributed by atoms with Crippen molar-refractivity contribution in [2.45, 2.75) is 52.1 Å². The number of nitrogens with zero attached hydrogens (tertiary/aromatic N) is 4. The average Bonchev–Trinajstić information content (AvgIpc) is 3.31. The van der Waals surface area contributed by atoms with Gasteiger partial charge in [0.2, 0.25) is 5.91 Å². The fourth-order valence-electron chi connectivity index (χ4n) is 3.97. The van der Waals surface area contributed by atoms with Gasteiger partial charge in [-0.1, -0.05) is 61.5 Å². The summed E-state index contributed by atoms with van der Waals surface area (Å²) in [6.45, 7) is 4.87. The molecule has 0 aliphatic rings. The lowest BCUT2D eigenvalue weighted by Crippen LogP contribution is -2.39. The van der Waals surface area contributed by atoms with Gasteiger partial charge >= 0.3 is 5.97 Å². The van der Waals surface area contributed by atoms with E-state index in [0.29, 0.717) is 44.8 Å². The van der Waals surface area contributed by atoms with Crippen LogP contribution in [0.15, 0.2) is 54.6 Å². The second-order valence-corrected chi connectivity index (χ2v) is 8.53. The Balaban J connectivity index is 1.65. The molecule has 0 spiro atoms. The number of aromatic nitrogens is 4. The molecule has 2 aromatic carbocycles. The van der Waals surface area contributed by atoms with Crippen molar-refractivity contribution in [2.75, 3.05) is 13.2 Å². The van der Waals surface area contributed by atoms with Gasteiger partial charge < -0.3 is 15.8 Å². The molecule has 1 amide bonds. The van der Waals surface area contributed by atoms with Crippen LogP contribution in [0.1, 0.15) is 38.1 Å². The zero-order valence-corrected chi connectivity index (χ0v) is 20.4. The van der Waals surface area contributed by atoms with Crippen LogP contribution in [0.25, 0.3) is 11.1 Å². The number of esters is 1. The van der Waals surface area contributed by atoms with Crippen LogP contribution in [-0.4, -0.2) is 51.3 Å². The standard InChI is InChI=1S/C26H34N6O3/c1-3-35-26(34)19(2)17-23(28-25(33)14-13-24-29-30-31-32(24)16-15-27)18-20-9-11-22(12-10-20)21-7-5-4-6-8-21/h4-12,19,23H,3,13-18,27H2,1-2H3,(H,28,33)/t19-,23+/m1/s1. The molecule has 0 radical (unpaired) electrons. The van der Waals surface area contributed by atoms with E-state index in [1.165, 1.54) is 0 Å². The third-order valence-corrected chi connectivity index (χ3v) is 5.76. The zero-order chi connectivity index (χ0) is 25.0. The molecule has 0 saturated heterocycles. The molecule has 1 heterocycles. The SMILES string of the molecule is CCOC(=O)[C@H](C)C[C@@H](Cc1ccc(-c2ccccc2)cc1)NC(=O)CCc1nnnn1CCN. The molecule has 9 heteroatoms. The molecule has 3 aromatic rings. The van der Waals surface area contributed by atoms with E-state index in [0.717, 1.165) is 16.7 Å². The summed E-state index contributed by atoms with van der Waals surface area (Å²) in [6.07, 6.45) is 1.73. The molecule has 9 nitrogen and oxygen atoms in total. The average molecular weight is 479 g/mol. The third kappa shape index (κ3) is 7.99.